The highest BCUT2D eigenvalue weighted by molar-refractivity contribution is 5.26. The fourth-order valence-electron chi connectivity index (χ4n) is 1.84. The molecule has 5 heteroatoms. The summed E-state index contributed by atoms with van der Waals surface area (Å²) < 4.78 is 27.7. The van der Waals surface area contributed by atoms with Gasteiger partial charge < -0.3 is 9.67 Å². The molecular formula is C13H14F2N2O. The molecule has 3 nitrogen and oxygen atoms in total. The van der Waals surface area contributed by atoms with Crippen molar-refractivity contribution in [3.8, 4) is 0 Å². The van der Waals surface area contributed by atoms with Crippen LogP contribution in [0.5, 0.6) is 0 Å². The summed E-state index contributed by atoms with van der Waals surface area (Å²) in [6.45, 7) is 2.73. The Labute approximate surface area is 104 Å². The lowest BCUT2D eigenvalue weighted by molar-refractivity contribution is 0.209. The first-order valence-corrected chi connectivity index (χ1v) is 5.76. The van der Waals surface area contributed by atoms with Crippen molar-refractivity contribution in [3.05, 3.63) is 53.6 Å². The van der Waals surface area contributed by atoms with Gasteiger partial charge in [0.1, 0.15) is 6.10 Å². The molecule has 1 aromatic carbocycles. The van der Waals surface area contributed by atoms with Crippen molar-refractivity contribution in [1.82, 2.24) is 9.55 Å². The normalized spacial score (nSPS) is 12.7. The number of halogens is 2. The highest BCUT2D eigenvalue weighted by Crippen LogP contribution is 2.23. The largest absolute Gasteiger partial charge is 0.382 e. The third kappa shape index (κ3) is 2.41. The summed E-state index contributed by atoms with van der Waals surface area (Å²) in [4.78, 5) is 3.96. The van der Waals surface area contributed by atoms with E-state index in [2.05, 4.69) is 4.98 Å². The lowest BCUT2D eigenvalue weighted by Gasteiger charge is -2.13. The van der Waals surface area contributed by atoms with Gasteiger partial charge >= 0.3 is 0 Å². The van der Waals surface area contributed by atoms with Crippen molar-refractivity contribution in [2.24, 2.45) is 0 Å². The molecule has 0 aliphatic carbocycles. The fraction of sp³-hybridized carbons (Fsp3) is 0.308. The van der Waals surface area contributed by atoms with Crippen molar-refractivity contribution < 1.29 is 13.9 Å². The molecule has 0 aliphatic heterocycles. The van der Waals surface area contributed by atoms with E-state index in [-0.39, 0.29) is 0 Å². The van der Waals surface area contributed by atoms with Gasteiger partial charge in [-0.2, -0.15) is 0 Å². The first-order chi connectivity index (χ1) is 8.63. The number of rotatable bonds is 4. The van der Waals surface area contributed by atoms with Crippen molar-refractivity contribution in [3.63, 3.8) is 0 Å². The van der Waals surface area contributed by atoms with E-state index in [1.54, 1.807) is 10.9 Å². The summed E-state index contributed by atoms with van der Waals surface area (Å²) in [5, 5.41) is 10.2. The van der Waals surface area contributed by atoms with E-state index in [0.29, 0.717) is 11.3 Å². The molecule has 18 heavy (non-hydrogen) atoms. The monoisotopic (exact) mass is 252 g/mol. The van der Waals surface area contributed by atoms with Crippen LogP contribution in [0.25, 0.3) is 0 Å². The molecule has 1 unspecified atom stereocenters. The van der Waals surface area contributed by atoms with Gasteiger partial charge in [0.2, 0.25) is 0 Å². The van der Waals surface area contributed by atoms with Crippen molar-refractivity contribution in [2.45, 2.75) is 26.0 Å². The first kappa shape index (κ1) is 12.7. The quantitative estimate of drug-likeness (QED) is 0.908. The lowest BCUT2D eigenvalue weighted by Crippen LogP contribution is -2.08. The standard InChI is InChI=1S/C13H14F2N2O/c1-2-5-17-8-16-7-12(17)13(18)9-3-4-10(14)11(15)6-9/h3-4,6-8,13,18H,2,5H2,1H3. The summed E-state index contributed by atoms with van der Waals surface area (Å²) in [6.07, 6.45) is 3.03. The van der Waals surface area contributed by atoms with Crippen LogP contribution in [0.2, 0.25) is 0 Å². The molecule has 96 valence electrons. The van der Waals surface area contributed by atoms with E-state index in [4.69, 9.17) is 0 Å². The van der Waals surface area contributed by atoms with Crippen molar-refractivity contribution >= 4 is 0 Å². The molecule has 0 amide bonds. The van der Waals surface area contributed by atoms with Crippen LogP contribution < -0.4 is 0 Å². The Balaban J connectivity index is 2.32. The van der Waals surface area contributed by atoms with Crippen LogP contribution in [-0.2, 0) is 6.54 Å². The van der Waals surface area contributed by atoms with Crippen LogP contribution in [0.1, 0.15) is 30.7 Å². The molecule has 2 aromatic rings. The summed E-state index contributed by atoms with van der Waals surface area (Å²) in [7, 11) is 0. The van der Waals surface area contributed by atoms with E-state index in [9.17, 15) is 13.9 Å². The number of aliphatic hydroxyl groups is 1. The molecule has 0 aliphatic rings. The minimum atomic E-state index is -1.01. The summed E-state index contributed by atoms with van der Waals surface area (Å²) in [5.41, 5.74) is 0.884. The number of hydrogen-bond donors (Lipinski definition) is 1. The fourth-order valence-corrected chi connectivity index (χ4v) is 1.84. The Hall–Kier alpha value is -1.75. The SMILES string of the molecule is CCCn1cncc1C(O)c1ccc(F)c(F)c1. The van der Waals surface area contributed by atoms with Crippen LogP contribution in [-0.4, -0.2) is 14.7 Å². The molecule has 0 radical (unpaired) electrons. The Bertz CT molecular complexity index is 540. The smallest absolute Gasteiger partial charge is 0.159 e. The molecule has 1 N–H and O–H groups in total. The summed E-state index contributed by atoms with van der Waals surface area (Å²) >= 11 is 0. The number of nitrogens with zero attached hydrogens (tertiary/aromatic N) is 2. The van der Waals surface area contributed by atoms with E-state index in [1.165, 1.54) is 12.3 Å². The molecule has 1 atom stereocenters. The molecule has 0 spiro atoms. The molecule has 0 fully saturated rings. The van der Waals surface area contributed by atoms with E-state index < -0.39 is 17.7 Å². The number of aryl methyl sites for hydroxylation is 1. The van der Waals surface area contributed by atoms with Gasteiger partial charge in [0.25, 0.3) is 0 Å². The lowest BCUT2D eigenvalue weighted by atomic mass is 10.1. The third-order valence-electron chi connectivity index (χ3n) is 2.75. The predicted molar refractivity (Wildman–Crippen MR) is 62.9 cm³/mol. The van der Waals surface area contributed by atoms with Crippen LogP contribution in [0, 0.1) is 11.6 Å². The maximum Gasteiger partial charge on any atom is 0.159 e. The number of imidazole rings is 1. The summed E-state index contributed by atoms with van der Waals surface area (Å²) in [6, 6.07) is 3.38. The molecule has 2 rings (SSSR count). The van der Waals surface area contributed by atoms with E-state index in [1.807, 2.05) is 6.92 Å². The number of hydrogen-bond acceptors (Lipinski definition) is 2. The number of aromatic nitrogens is 2. The van der Waals surface area contributed by atoms with Crippen LogP contribution >= 0.6 is 0 Å². The van der Waals surface area contributed by atoms with Crippen LogP contribution in [0.15, 0.2) is 30.7 Å². The Morgan fingerprint density at radius 2 is 2.11 bits per heavy atom. The van der Waals surface area contributed by atoms with Gasteiger partial charge in [0.15, 0.2) is 11.6 Å². The van der Waals surface area contributed by atoms with Gasteiger partial charge in [-0.3, -0.25) is 0 Å². The minimum absolute atomic E-state index is 0.312. The van der Waals surface area contributed by atoms with Crippen molar-refractivity contribution in [1.29, 1.82) is 0 Å². The van der Waals surface area contributed by atoms with Gasteiger partial charge in [-0.25, -0.2) is 13.8 Å². The first-order valence-electron chi connectivity index (χ1n) is 5.76. The average Bonchev–Trinajstić information content (AvgIpc) is 2.80. The summed E-state index contributed by atoms with van der Waals surface area (Å²) in [5.74, 6) is -1.89. The molecule has 1 heterocycles. The second kappa shape index (κ2) is 5.27. The van der Waals surface area contributed by atoms with Crippen molar-refractivity contribution in [2.75, 3.05) is 0 Å². The predicted octanol–water partition coefficient (Wildman–Crippen LogP) is 2.65. The zero-order chi connectivity index (χ0) is 13.1. The Kier molecular flexibility index (Phi) is 3.72. The van der Waals surface area contributed by atoms with Gasteiger partial charge in [-0.1, -0.05) is 13.0 Å². The zero-order valence-electron chi connectivity index (χ0n) is 9.98. The Morgan fingerprint density at radius 1 is 1.33 bits per heavy atom. The molecule has 0 saturated heterocycles. The number of aliphatic hydroxyl groups excluding tert-OH is 1. The maximum atomic E-state index is 13.1. The van der Waals surface area contributed by atoms with Gasteiger partial charge in [0.05, 0.1) is 18.2 Å². The second-order valence-corrected chi connectivity index (χ2v) is 4.09. The maximum absolute atomic E-state index is 13.1. The van der Waals surface area contributed by atoms with Crippen LogP contribution in [0.3, 0.4) is 0 Å². The molecule has 0 saturated carbocycles. The van der Waals surface area contributed by atoms with Gasteiger partial charge in [-0.15, -0.1) is 0 Å². The van der Waals surface area contributed by atoms with E-state index >= 15 is 0 Å². The molecule has 1 aromatic heterocycles. The topological polar surface area (TPSA) is 38.0 Å². The van der Waals surface area contributed by atoms with E-state index in [0.717, 1.165) is 25.1 Å². The molecule has 0 bridgehead atoms. The zero-order valence-corrected chi connectivity index (χ0v) is 9.98. The second-order valence-electron chi connectivity index (χ2n) is 4.09. The minimum Gasteiger partial charge on any atom is -0.382 e. The third-order valence-corrected chi connectivity index (χ3v) is 2.75. The van der Waals surface area contributed by atoms with Gasteiger partial charge in [-0.05, 0) is 24.1 Å². The number of benzene rings is 1. The van der Waals surface area contributed by atoms with Crippen LogP contribution in [0.4, 0.5) is 8.78 Å². The Morgan fingerprint density at radius 3 is 2.78 bits per heavy atom. The average molecular weight is 252 g/mol. The van der Waals surface area contributed by atoms with Gasteiger partial charge in [0, 0.05) is 6.54 Å². The highest BCUT2D eigenvalue weighted by atomic mass is 19.2. The highest BCUT2D eigenvalue weighted by Gasteiger charge is 2.16. The molecular weight excluding hydrogens is 238 g/mol.